The van der Waals surface area contributed by atoms with E-state index in [0.717, 1.165) is 18.7 Å². The smallest absolute Gasteiger partial charge is 0.408 e. The SMILES string of the molecule is CC1CCCCN1Cc1ccccc1CNC(=O)CC(C)(C)NC(=O)OC(C)(C)C. The van der Waals surface area contributed by atoms with E-state index in [-0.39, 0.29) is 12.3 Å². The fraction of sp³-hybridized carbons (Fsp3) is 0.667. The molecule has 168 valence electrons. The molecule has 0 spiro atoms. The highest BCUT2D eigenvalue weighted by molar-refractivity contribution is 5.78. The van der Waals surface area contributed by atoms with Crippen molar-refractivity contribution in [2.24, 2.45) is 0 Å². The lowest BCUT2D eigenvalue weighted by Crippen LogP contribution is -2.48. The molecule has 1 heterocycles. The van der Waals surface area contributed by atoms with E-state index in [9.17, 15) is 9.59 Å². The lowest BCUT2D eigenvalue weighted by atomic mass is 9.99. The molecule has 0 aromatic heterocycles. The van der Waals surface area contributed by atoms with Crippen molar-refractivity contribution in [3.63, 3.8) is 0 Å². The van der Waals surface area contributed by atoms with Crippen molar-refractivity contribution in [1.82, 2.24) is 15.5 Å². The first kappa shape index (κ1) is 24.2. The molecule has 1 unspecified atom stereocenters. The fourth-order valence-corrected chi connectivity index (χ4v) is 3.78. The molecular formula is C24H39N3O3. The highest BCUT2D eigenvalue weighted by atomic mass is 16.6. The molecule has 6 heteroatoms. The van der Waals surface area contributed by atoms with Gasteiger partial charge < -0.3 is 15.4 Å². The number of carbonyl (C=O) groups excluding carboxylic acids is 2. The Morgan fingerprint density at radius 1 is 1.10 bits per heavy atom. The summed E-state index contributed by atoms with van der Waals surface area (Å²) in [6, 6.07) is 8.90. The van der Waals surface area contributed by atoms with E-state index in [1.54, 1.807) is 0 Å². The van der Waals surface area contributed by atoms with Gasteiger partial charge >= 0.3 is 6.09 Å². The van der Waals surface area contributed by atoms with Crippen LogP contribution in [0.2, 0.25) is 0 Å². The van der Waals surface area contributed by atoms with Crippen molar-refractivity contribution >= 4 is 12.0 Å². The van der Waals surface area contributed by atoms with Gasteiger partial charge in [-0.25, -0.2) is 4.79 Å². The lowest BCUT2D eigenvalue weighted by Gasteiger charge is -2.33. The number of nitrogens with one attached hydrogen (secondary N) is 2. The second-order valence-corrected chi connectivity index (χ2v) is 10.0. The molecule has 1 aromatic carbocycles. The minimum Gasteiger partial charge on any atom is -0.444 e. The first-order valence-corrected chi connectivity index (χ1v) is 11.0. The van der Waals surface area contributed by atoms with E-state index in [2.05, 4.69) is 40.7 Å². The Balaban J connectivity index is 1.89. The molecule has 1 aromatic rings. The molecule has 2 rings (SSSR count). The molecule has 1 fully saturated rings. The van der Waals surface area contributed by atoms with Gasteiger partial charge in [-0.2, -0.15) is 0 Å². The van der Waals surface area contributed by atoms with Gasteiger partial charge in [-0.05, 0) is 72.1 Å². The van der Waals surface area contributed by atoms with Gasteiger partial charge in [0.15, 0.2) is 0 Å². The maximum absolute atomic E-state index is 12.5. The number of hydrogen-bond donors (Lipinski definition) is 2. The Morgan fingerprint density at radius 3 is 2.40 bits per heavy atom. The van der Waals surface area contributed by atoms with E-state index in [4.69, 9.17) is 4.74 Å². The molecule has 1 atom stereocenters. The molecule has 2 amide bonds. The van der Waals surface area contributed by atoms with Crippen molar-refractivity contribution in [2.45, 2.75) is 97.5 Å². The third kappa shape index (κ3) is 8.34. The Morgan fingerprint density at radius 2 is 1.77 bits per heavy atom. The van der Waals surface area contributed by atoms with Gasteiger partial charge in [-0.1, -0.05) is 30.7 Å². The molecule has 0 radical (unpaired) electrons. The number of benzene rings is 1. The molecular weight excluding hydrogens is 378 g/mol. The molecule has 1 saturated heterocycles. The van der Waals surface area contributed by atoms with Crippen LogP contribution in [-0.4, -0.2) is 40.6 Å². The van der Waals surface area contributed by atoms with Crippen LogP contribution in [0.1, 0.15) is 78.4 Å². The topological polar surface area (TPSA) is 70.7 Å². The van der Waals surface area contributed by atoms with E-state index < -0.39 is 17.2 Å². The zero-order chi connectivity index (χ0) is 22.4. The number of carbonyl (C=O) groups is 2. The van der Waals surface area contributed by atoms with Gasteiger partial charge in [0.2, 0.25) is 5.91 Å². The normalized spacial score (nSPS) is 18.0. The Hall–Kier alpha value is -2.08. The third-order valence-corrected chi connectivity index (χ3v) is 5.35. The van der Waals surface area contributed by atoms with Gasteiger partial charge in [0, 0.05) is 31.1 Å². The van der Waals surface area contributed by atoms with Gasteiger partial charge in [0.25, 0.3) is 0 Å². The van der Waals surface area contributed by atoms with Gasteiger partial charge in [-0.3, -0.25) is 9.69 Å². The number of rotatable bonds is 7. The third-order valence-electron chi connectivity index (χ3n) is 5.35. The summed E-state index contributed by atoms with van der Waals surface area (Å²) in [7, 11) is 0. The van der Waals surface area contributed by atoms with Crippen LogP contribution in [0.3, 0.4) is 0 Å². The minimum atomic E-state index is -0.699. The quantitative estimate of drug-likeness (QED) is 0.691. The van der Waals surface area contributed by atoms with Crippen molar-refractivity contribution in [3.8, 4) is 0 Å². The van der Waals surface area contributed by atoms with E-state index in [1.165, 1.54) is 24.8 Å². The molecule has 2 N–H and O–H groups in total. The molecule has 1 aliphatic heterocycles. The van der Waals surface area contributed by atoms with Crippen molar-refractivity contribution in [3.05, 3.63) is 35.4 Å². The second-order valence-electron chi connectivity index (χ2n) is 10.0. The summed E-state index contributed by atoms with van der Waals surface area (Å²) in [4.78, 5) is 27.1. The Bertz CT molecular complexity index is 725. The number of nitrogens with zero attached hydrogens (tertiary/aromatic N) is 1. The Kier molecular flexibility index (Phi) is 8.30. The van der Waals surface area contributed by atoms with Crippen molar-refractivity contribution in [2.75, 3.05) is 6.54 Å². The van der Waals surface area contributed by atoms with E-state index in [1.807, 2.05) is 40.7 Å². The van der Waals surface area contributed by atoms with Crippen LogP contribution in [0.4, 0.5) is 4.79 Å². The molecule has 0 saturated carbocycles. The zero-order valence-corrected chi connectivity index (χ0v) is 19.5. The minimum absolute atomic E-state index is 0.0998. The average Bonchev–Trinajstić information content (AvgIpc) is 2.60. The molecule has 0 bridgehead atoms. The summed E-state index contributed by atoms with van der Waals surface area (Å²) >= 11 is 0. The number of likely N-dealkylation sites (tertiary alicyclic amines) is 1. The molecule has 0 aliphatic carbocycles. The van der Waals surface area contributed by atoms with Crippen LogP contribution in [0.25, 0.3) is 0 Å². The predicted molar refractivity (Wildman–Crippen MR) is 120 cm³/mol. The number of hydrogen-bond acceptors (Lipinski definition) is 4. The fourth-order valence-electron chi connectivity index (χ4n) is 3.78. The van der Waals surface area contributed by atoms with E-state index >= 15 is 0 Å². The number of ether oxygens (including phenoxy) is 1. The number of piperidine rings is 1. The summed E-state index contributed by atoms with van der Waals surface area (Å²) < 4.78 is 5.29. The van der Waals surface area contributed by atoms with Crippen LogP contribution in [0.5, 0.6) is 0 Å². The summed E-state index contributed by atoms with van der Waals surface area (Å²) in [6.07, 6.45) is 3.48. The molecule has 30 heavy (non-hydrogen) atoms. The highest BCUT2D eigenvalue weighted by Gasteiger charge is 2.27. The summed E-state index contributed by atoms with van der Waals surface area (Å²) in [5, 5.41) is 5.80. The Labute approximate surface area is 181 Å². The highest BCUT2D eigenvalue weighted by Crippen LogP contribution is 2.21. The van der Waals surface area contributed by atoms with Crippen molar-refractivity contribution < 1.29 is 14.3 Å². The van der Waals surface area contributed by atoms with Crippen LogP contribution in [-0.2, 0) is 22.6 Å². The standard InChI is InChI=1S/C24H39N3O3/c1-18-11-9-10-14-27(18)17-20-13-8-7-12-19(20)16-25-21(28)15-24(5,6)26-22(29)30-23(2,3)4/h7-8,12-13,18H,9-11,14-17H2,1-6H3,(H,25,28)(H,26,29). The maximum Gasteiger partial charge on any atom is 0.408 e. The van der Waals surface area contributed by atoms with Crippen molar-refractivity contribution in [1.29, 1.82) is 0 Å². The van der Waals surface area contributed by atoms with Crippen LogP contribution in [0.15, 0.2) is 24.3 Å². The second kappa shape index (κ2) is 10.3. The summed E-state index contributed by atoms with van der Waals surface area (Å²) in [5.41, 5.74) is 1.13. The number of amides is 2. The predicted octanol–water partition coefficient (Wildman–Crippen LogP) is 4.37. The van der Waals surface area contributed by atoms with Gasteiger partial charge in [0.05, 0.1) is 0 Å². The summed E-state index contributed by atoms with van der Waals surface area (Å²) in [6.45, 7) is 13.9. The first-order valence-electron chi connectivity index (χ1n) is 11.0. The maximum atomic E-state index is 12.5. The molecule has 6 nitrogen and oxygen atoms in total. The average molecular weight is 418 g/mol. The van der Waals surface area contributed by atoms with Gasteiger partial charge in [-0.15, -0.1) is 0 Å². The monoisotopic (exact) mass is 417 g/mol. The largest absolute Gasteiger partial charge is 0.444 e. The first-order chi connectivity index (χ1) is 14.0. The lowest BCUT2D eigenvalue weighted by molar-refractivity contribution is -0.122. The van der Waals surface area contributed by atoms with Crippen LogP contribution in [0, 0.1) is 0 Å². The summed E-state index contributed by atoms with van der Waals surface area (Å²) in [5.74, 6) is -0.0998. The number of alkyl carbamates (subject to hydrolysis) is 1. The molecule has 1 aliphatic rings. The zero-order valence-electron chi connectivity index (χ0n) is 19.5. The van der Waals surface area contributed by atoms with E-state index in [0.29, 0.717) is 12.6 Å². The van der Waals surface area contributed by atoms with Gasteiger partial charge in [0.1, 0.15) is 5.60 Å². The van der Waals surface area contributed by atoms with Crippen LogP contribution >= 0.6 is 0 Å². The van der Waals surface area contributed by atoms with Crippen LogP contribution < -0.4 is 10.6 Å².